The van der Waals surface area contributed by atoms with Crippen molar-refractivity contribution in [1.82, 2.24) is 26.4 Å². The summed E-state index contributed by atoms with van der Waals surface area (Å²) in [7, 11) is 1.76. The van der Waals surface area contributed by atoms with Crippen molar-refractivity contribution in [2.24, 2.45) is 10.7 Å². The van der Waals surface area contributed by atoms with Crippen molar-refractivity contribution in [2.75, 3.05) is 26.7 Å². The summed E-state index contributed by atoms with van der Waals surface area (Å²) < 4.78 is 5.71. The van der Waals surface area contributed by atoms with Crippen LogP contribution in [-0.2, 0) is 22.4 Å². The molecule has 3 aliphatic rings. The first-order chi connectivity index (χ1) is 16.0. The van der Waals surface area contributed by atoms with Crippen molar-refractivity contribution in [3.05, 3.63) is 70.6 Å². The fraction of sp³-hybridized carbons (Fsp3) is 0.417. The van der Waals surface area contributed by atoms with Gasteiger partial charge in [0.25, 0.3) is 0 Å². The molecule has 1 atom stereocenters. The fourth-order valence-corrected chi connectivity index (χ4v) is 4.29. The molecule has 2 heterocycles. The number of rotatable bonds is 9. The van der Waals surface area contributed by atoms with Crippen LogP contribution in [0, 0.1) is 0 Å². The Kier molecular flexibility index (Phi) is 7.31. The molecule has 0 bridgehead atoms. The van der Waals surface area contributed by atoms with Crippen LogP contribution in [0.1, 0.15) is 24.5 Å². The Labute approximate surface area is 194 Å². The van der Waals surface area contributed by atoms with Crippen LogP contribution in [0.2, 0.25) is 0 Å². The maximum Gasteiger partial charge on any atom is 0.249 e. The van der Waals surface area contributed by atoms with Crippen molar-refractivity contribution < 1.29 is 9.53 Å². The van der Waals surface area contributed by atoms with Gasteiger partial charge < -0.3 is 31.4 Å². The van der Waals surface area contributed by atoms with Gasteiger partial charge in [0.1, 0.15) is 12.4 Å². The van der Waals surface area contributed by atoms with E-state index in [1.54, 1.807) is 18.1 Å². The second-order valence-corrected chi connectivity index (χ2v) is 8.64. The number of carbonyl (C=O) groups excluding carboxylic acids is 1. The van der Waals surface area contributed by atoms with E-state index in [9.17, 15) is 4.79 Å². The Morgan fingerprint density at radius 3 is 2.82 bits per heavy atom. The molecule has 0 saturated carbocycles. The Balaban J connectivity index is 1.22. The highest BCUT2D eigenvalue weighted by molar-refractivity contribution is 5.86. The highest BCUT2D eigenvalue weighted by Crippen LogP contribution is 2.23. The number of ether oxygens (including phenoxy) is 1. The van der Waals surface area contributed by atoms with Gasteiger partial charge in [-0.3, -0.25) is 4.79 Å². The molecule has 0 aromatic heterocycles. The van der Waals surface area contributed by atoms with E-state index < -0.39 is 0 Å². The van der Waals surface area contributed by atoms with Crippen molar-refractivity contribution in [1.29, 1.82) is 0 Å². The normalized spacial score (nSPS) is 18.9. The molecule has 9 nitrogen and oxygen atoms in total. The van der Waals surface area contributed by atoms with Gasteiger partial charge in [-0.15, -0.1) is 0 Å². The topological polar surface area (TPSA) is 116 Å². The average Bonchev–Trinajstić information content (AvgIpc) is 3.36. The SMILES string of the molecule is CNN/C=C(\N)CC(C)OCC(=O)N1CC2=C(C1)NC=C(NC1Cc3ccccc3C1)N=C2. The van der Waals surface area contributed by atoms with Gasteiger partial charge in [-0.1, -0.05) is 24.3 Å². The summed E-state index contributed by atoms with van der Waals surface area (Å²) in [5.41, 5.74) is 17.0. The number of carbonyl (C=O) groups is 1. The van der Waals surface area contributed by atoms with Crippen LogP contribution in [0.25, 0.3) is 0 Å². The quantitative estimate of drug-likeness (QED) is 0.350. The number of benzene rings is 1. The summed E-state index contributed by atoms with van der Waals surface area (Å²) in [6, 6.07) is 8.91. The number of nitrogens with one attached hydrogen (secondary N) is 4. The second kappa shape index (κ2) is 10.5. The van der Waals surface area contributed by atoms with E-state index >= 15 is 0 Å². The molecular weight excluding hydrogens is 418 g/mol. The number of hydrogen-bond acceptors (Lipinski definition) is 8. The number of nitrogens with two attached hydrogens (primary N) is 1. The lowest BCUT2D eigenvalue weighted by molar-refractivity contribution is -0.136. The predicted molar refractivity (Wildman–Crippen MR) is 129 cm³/mol. The van der Waals surface area contributed by atoms with Crippen LogP contribution >= 0.6 is 0 Å². The van der Waals surface area contributed by atoms with Gasteiger partial charge in [0.2, 0.25) is 5.91 Å². The van der Waals surface area contributed by atoms with Crippen LogP contribution in [0.15, 0.2) is 64.4 Å². The van der Waals surface area contributed by atoms with E-state index in [0.29, 0.717) is 31.2 Å². The summed E-state index contributed by atoms with van der Waals surface area (Å²) in [6.07, 6.45) is 7.81. The Morgan fingerprint density at radius 1 is 1.33 bits per heavy atom. The first-order valence-electron chi connectivity index (χ1n) is 11.3. The van der Waals surface area contributed by atoms with E-state index in [0.717, 1.165) is 29.9 Å². The Bertz CT molecular complexity index is 973. The maximum absolute atomic E-state index is 12.6. The molecule has 0 fully saturated rings. The summed E-state index contributed by atoms with van der Waals surface area (Å²) in [4.78, 5) is 19.0. The molecule has 1 aromatic carbocycles. The van der Waals surface area contributed by atoms with Crippen molar-refractivity contribution in [3.63, 3.8) is 0 Å². The molecule has 2 aliphatic heterocycles. The molecule has 1 amide bonds. The molecule has 1 aromatic rings. The molecule has 0 saturated heterocycles. The minimum absolute atomic E-state index is 0.0243. The Hall–Kier alpha value is -3.30. The van der Waals surface area contributed by atoms with Crippen molar-refractivity contribution in [2.45, 2.75) is 38.3 Å². The smallest absolute Gasteiger partial charge is 0.249 e. The van der Waals surface area contributed by atoms with Gasteiger partial charge in [-0.2, -0.15) is 0 Å². The molecule has 4 rings (SSSR count). The third-order valence-corrected chi connectivity index (χ3v) is 6.01. The van der Waals surface area contributed by atoms with Crippen molar-refractivity contribution in [3.8, 4) is 0 Å². The van der Waals surface area contributed by atoms with Crippen LogP contribution in [-0.4, -0.2) is 55.9 Å². The minimum Gasteiger partial charge on any atom is -0.401 e. The number of fused-ring (bicyclic) bond motifs is 1. The predicted octanol–water partition coefficient (Wildman–Crippen LogP) is 0.632. The molecule has 0 radical (unpaired) electrons. The number of hydrogen-bond donors (Lipinski definition) is 5. The summed E-state index contributed by atoms with van der Waals surface area (Å²) >= 11 is 0. The number of amides is 1. The number of aliphatic imine (C=N–C) groups is 1. The van der Waals surface area contributed by atoms with Crippen LogP contribution < -0.4 is 27.2 Å². The lowest BCUT2D eigenvalue weighted by atomic mass is 10.1. The van der Waals surface area contributed by atoms with Crippen LogP contribution in [0.3, 0.4) is 0 Å². The molecule has 1 aliphatic carbocycles. The van der Waals surface area contributed by atoms with E-state index in [1.165, 1.54) is 11.1 Å². The minimum atomic E-state index is -0.157. The molecule has 0 spiro atoms. The molecule has 6 N–H and O–H groups in total. The molecule has 9 heteroatoms. The lowest BCUT2D eigenvalue weighted by Crippen LogP contribution is -2.35. The zero-order chi connectivity index (χ0) is 23.2. The monoisotopic (exact) mass is 451 g/mol. The van der Waals surface area contributed by atoms with Crippen LogP contribution in [0.4, 0.5) is 0 Å². The molecule has 33 heavy (non-hydrogen) atoms. The van der Waals surface area contributed by atoms with Gasteiger partial charge in [-0.05, 0) is 30.9 Å². The van der Waals surface area contributed by atoms with Gasteiger partial charge in [0.15, 0.2) is 0 Å². The fourth-order valence-electron chi connectivity index (χ4n) is 4.29. The first kappa shape index (κ1) is 22.9. The second-order valence-electron chi connectivity index (χ2n) is 8.64. The zero-order valence-corrected chi connectivity index (χ0v) is 19.2. The highest BCUT2D eigenvalue weighted by Gasteiger charge is 2.27. The van der Waals surface area contributed by atoms with E-state index in [2.05, 4.69) is 50.7 Å². The third kappa shape index (κ3) is 5.94. The highest BCUT2D eigenvalue weighted by atomic mass is 16.5. The van der Waals surface area contributed by atoms with Crippen molar-refractivity contribution >= 4 is 12.1 Å². The standard InChI is InChI=1S/C24H33N7O2/c1-16(7-20(25)11-29-26-2)33-15-24(32)31-13-19-10-28-23(12-27-22(19)14-31)30-21-8-17-5-3-4-6-18(17)9-21/h3-6,10-12,16,21,26-27,29-30H,7-9,13-15,25H2,1-2H3/b20-11-. The number of nitrogens with zero attached hydrogens (tertiary/aromatic N) is 2. The maximum atomic E-state index is 12.6. The van der Waals surface area contributed by atoms with Gasteiger partial charge in [0.05, 0.1) is 12.6 Å². The summed E-state index contributed by atoms with van der Waals surface area (Å²) in [6.45, 7) is 2.97. The largest absolute Gasteiger partial charge is 0.401 e. The van der Waals surface area contributed by atoms with E-state index in [1.807, 2.05) is 19.3 Å². The number of hydrazine groups is 1. The molecule has 1 unspecified atom stereocenters. The van der Waals surface area contributed by atoms with Gasteiger partial charge in [-0.25, -0.2) is 10.4 Å². The summed E-state index contributed by atoms with van der Waals surface area (Å²) in [5.74, 6) is 0.766. The van der Waals surface area contributed by atoms with Gasteiger partial charge in [0, 0.05) is 61.6 Å². The zero-order valence-electron chi connectivity index (χ0n) is 19.2. The lowest BCUT2D eigenvalue weighted by Gasteiger charge is -2.19. The van der Waals surface area contributed by atoms with Crippen LogP contribution in [0.5, 0.6) is 0 Å². The van der Waals surface area contributed by atoms with E-state index in [-0.39, 0.29) is 18.6 Å². The Morgan fingerprint density at radius 2 is 2.09 bits per heavy atom. The molecule has 176 valence electrons. The summed E-state index contributed by atoms with van der Waals surface area (Å²) in [5, 5.41) is 6.88. The first-order valence-corrected chi connectivity index (χ1v) is 11.3. The average molecular weight is 452 g/mol. The van der Waals surface area contributed by atoms with E-state index in [4.69, 9.17) is 10.5 Å². The third-order valence-electron chi connectivity index (χ3n) is 6.01. The molecular formula is C24H33N7O2. The van der Waals surface area contributed by atoms with Gasteiger partial charge >= 0.3 is 0 Å².